The molecule has 0 bridgehead atoms. The van der Waals surface area contributed by atoms with Crippen molar-refractivity contribution in [3.63, 3.8) is 0 Å². The SMILES string of the molecule is CCCN(CCBr)CCCS(=O)(=O)CC. The van der Waals surface area contributed by atoms with Gasteiger partial charge in [0, 0.05) is 17.6 Å². The first-order valence-corrected chi connectivity index (χ1v) is 8.48. The highest BCUT2D eigenvalue weighted by Gasteiger charge is 2.08. The van der Waals surface area contributed by atoms with Crippen LogP contribution >= 0.6 is 15.9 Å². The zero-order chi connectivity index (χ0) is 11.7. The van der Waals surface area contributed by atoms with Gasteiger partial charge < -0.3 is 4.90 Å². The molecule has 0 aliphatic carbocycles. The van der Waals surface area contributed by atoms with Crippen LogP contribution < -0.4 is 0 Å². The lowest BCUT2D eigenvalue weighted by molar-refractivity contribution is 0.293. The van der Waals surface area contributed by atoms with Gasteiger partial charge in [-0.2, -0.15) is 0 Å². The Hall–Kier alpha value is 0.390. The largest absolute Gasteiger partial charge is 0.302 e. The Morgan fingerprint density at radius 2 is 1.80 bits per heavy atom. The topological polar surface area (TPSA) is 37.4 Å². The minimum Gasteiger partial charge on any atom is -0.302 e. The minimum absolute atomic E-state index is 0.263. The summed E-state index contributed by atoms with van der Waals surface area (Å²) in [5, 5.41) is 0.952. The molecular formula is C10H22BrNO2S. The second-order valence-corrected chi connectivity index (χ2v) is 6.89. The predicted octanol–water partition coefficient (Wildman–Crippen LogP) is 1.92. The number of nitrogens with zero attached hydrogens (tertiary/aromatic N) is 1. The fraction of sp³-hybridized carbons (Fsp3) is 1.00. The van der Waals surface area contributed by atoms with Crippen LogP contribution in [-0.2, 0) is 9.84 Å². The molecule has 92 valence electrons. The van der Waals surface area contributed by atoms with Gasteiger partial charge in [-0.3, -0.25) is 0 Å². The fourth-order valence-electron chi connectivity index (χ4n) is 1.42. The zero-order valence-electron chi connectivity index (χ0n) is 9.71. The van der Waals surface area contributed by atoms with Crippen LogP contribution in [-0.4, -0.2) is 49.8 Å². The first kappa shape index (κ1) is 15.4. The van der Waals surface area contributed by atoms with E-state index in [1.807, 2.05) is 0 Å². The first-order valence-electron chi connectivity index (χ1n) is 5.54. The number of halogens is 1. The summed E-state index contributed by atoms with van der Waals surface area (Å²) in [4.78, 5) is 2.31. The number of hydrogen-bond donors (Lipinski definition) is 0. The van der Waals surface area contributed by atoms with Gasteiger partial charge in [-0.05, 0) is 25.9 Å². The maximum atomic E-state index is 11.3. The third-order valence-corrected chi connectivity index (χ3v) is 4.46. The van der Waals surface area contributed by atoms with Gasteiger partial charge >= 0.3 is 0 Å². The van der Waals surface area contributed by atoms with Crippen molar-refractivity contribution in [1.82, 2.24) is 4.90 Å². The number of rotatable bonds is 9. The molecule has 0 saturated carbocycles. The summed E-state index contributed by atoms with van der Waals surface area (Å²) in [6.07, 6.45) is 1.87. The molecule has 0 aromatic rings. The lowest BCUT2D eigenvalue weighted by Gasteiger charge is -2.20. The lowest BCUT2D eigenvalue weighted by atomic mass is 10.3. The van der Waals surface area contributed by atoms with Crippen LogP contribution in [0.2, 0.25) is 0 Å². The van der Waals surface area contributed by atoms with Crippen LogP contribution in [0.4, 0.5) is 0 Å². The van der Waals surface area contributed by atoms with E-state index >= 15 is 0 Å². The number of alkyl halides is 1. The van der Waals surface area contributed by atoms with E-state index in [2.05, 4.69) is 27.8 Å². The molecule has 0 fully saturated rings. The molecule has 0 atom stereocenters. The van der Waals surface area contributed by atoms with Gasteiger partial charge in [-0.25, -0.2) is 8.42 Å². The van der Waals surface area contributed by atoms with Crippen molar-refractivity contribution in [2.24, 2.45) is 0 Å². The van der Waals surface area contributed by atoms with Crippen LogP contribution in [0.1, 0.15) is 26.7 Å². The Labute approximate surface area is 102 Å². The highest BCUT2D eigenvalue weighted by atomic mass is 79.9. The fourth-order valence-corrected chi connectivity index (χ4v) is 2.78. The molecule has 0 N–H and O–H groups in total. The highest BCUT2D eigenvalue weighted by molar-refractivity contribution is 9.09. The molecule has 0 rings (SSSR count). The molecule has 15 heavy (non-hydrogen) atoms. The Morgan fingerprint density at radius 1 is 1.13 bits per heavy atom. The molecule has 0 spiro atoms. The van der Waals surface area contributed by atoms with Crippen LogP contribution in [0, 0.1) is 0 Å². The minimum atomic E-state index is -2.78. The zero-order valence-corrected chi connectivity index (χ0v) is 12.1. The Bertz CT molecular complexity index is 236. The van der Waals surface area contributed by atoms with Crippen molar-refractivity contribution in [3.05, 3.63) is 0 Å². The standard InChI is InChI=1S/C10H22BrNO2S/c1-3-7-12(9-6-11)8-5-10-15(13,14)4-2/h3-10H2,1-2H3. The quantitative estimate of drug-likeness (QED) is 0.611. The van der Waals surface area contributed by atoms with Gasteiger partial charge in [-0.1, -0.05) is 29.8 Å². The van der Waals surface area contributed by atoms with Crippen molar-refractivity contribution in [2.75, 3.05) is 36.5 Å². The van der Waals surface area contributed by atoms with Crippen LogP contribution in [0.15, 0.2) is 0 Å². The van der Waals surface area contributed by atoms with Gasteiger partial charge in [0.05, 0.1) is 5.75 Å². The summed E-state index contributed by atoms with van der Waals surface area (Å²) < 4.78 is 22.5. The Kier molecular flexibility index (Phi) is 8.75. The summed E-state index contributed by atoms with van der Waals surface area (Å²) >= 11 is 3.41. The maximum Gasteiger partial charge on any atom is 0.150 e. The van der Waals surface area contributed by atoms with E-state index in [9.17, 15) is 8.42 Å². The molecule has 0 unspecified atom stereocenters. The summed E-state index contributed by atoms with van der Waals surface area (Å²) in [6.45, 7) is 6.79. The Balaban J connectivity index is 3.79. The van der Waals surface area contributed by atoms with Crippen LogP contribution in [0.5, 0.6) is 0 Å². The van der Waals surface area contributed by atoms with E-state index < -0.39 is 9.84 Å². The normalized spacial score (nSPS) is 12.3. The molecule has 0 amide bonds. The molecule has 5 heteroatoms. The summed E-state index contributed by atoms with van der Waals surface area (Å²) in [5.74, 6) is 0.589. The van der Waals surface area contributed by atoms with Crippen LogP contribution in [0.3, 0.4) is 0 Å². The smallest absolute Gasteiger partial charge is 0.150 e. The lowest BCUT2D eigenvalue weighted by Crippen LogP contribution is -2.29. The molecular weight excluding hydrogens is 278 g/mol. The molecule has 0 radical (unpaired) electrons. The second-order valence-electron chi connectivity index (χ2n) is 3.62. The average molecular weight is 300 g/mol. The first-order chi connectivity index (χ1) is 7.05. The summed E-state index contributed by atoms with van der Waals surface area (Å²) in [5.41, 5.74) is 0. The predicted molar refractivity (Wildman–Crippen MR) is 69.5 cm³/mol. The van der Waals surface area contributed by atoms with Crippen molar-refractivity contribution in [1.29, 1.82) is 0 Å². The third kappa shape index (κ3) is 8.22. The second kappa shape index (κ2) is 8.53. The van der Waals surface area contributed by atoms with Gasteiger partial charge in [0.2, 0.25) is 0 Å². The maximum absolute atomic E-state index is 11.3. The van der Waals surface area contributed by atoms with E-state index in [0.717, 1.165) is 37.8 Å². The molecule has 3 nitrogen and oxygen atoms in total. The Morgan fingerprint density at radius 3 is 2.27 bits per heavy atom. The number of sulfone groups is 1. The summed E-state index contributed by atoms with van der Waals surface area (Å²) in [6, 6.07) is 0. The van der Waals surface area contributed by atoms with Gasteiger partial charge in [0.15, 0.2) is 0 Å². The van der Waals surface area contributed by atoms with Crippen molar-refractivity contribution >= 4 is 25.8 Å². The average Bonchev–Trinajstić information content (AvgIpc) is 2.18. The highest BCUT2D eigenvalue weighted by Crippen LogP contribution is 1.99. The van der Waals surface area contributed by atoms with Crippen LogP contribution in [0.25, 0.3) is 0 Å². The van der Waals surface area contributed by atoms with E-state index in [0.29, 0.717) is 5.75 Å². The van der Waals surface area contributed by atoms with E-state index in [1.54, 1.807) is 6.92 Å². The molecule has 0 aliphatic rings. The molecule has 0 saturated heterocycles. The van der Waals surface area contributed by atoms with E-state index in [4.69, 9.17) is 0 Å². The number of hydrogen-bond acceptors (Lipinski definition) is 3. The van der Waals surface area contributed by atoms with Crippen molar-refractivity contribution < 1.29 is 8.42 Å². The van der Waals surface area contributed by atoms with E-state index in [1.165, 1.54) is 0 Å². The summed E-state index contributed by atoms with van der Waals surface area (Å²) in [7, 11) is -2.78. The van der Waals surface area contributed by atoms with Crippen molar-refractivity contribution in [3.8, 4) is 0 Å². The van der Waals surface area contributed by atoms with Gasteiger partial charge in [0.1, 0.15) is 9.84 Å². The third-order valence-electron chi connectivity index (χ3n) is 2.31. The van der Waals surface area contributed by atoms with E-state index in [-0.39, 0.29) is 5.75 Å². The molecule has 0 aliphatic heterocycles. The molecule has 0 aromatic heterocycles. The van der Waals surface area contributed by atoms with Crippen molar-refractivity contribution in [2.45, 2.75) is 26.7 Å². The molecule has 0 aromatic carbocycles. The van der Waals surface area contributed by atoms with Gasteiger partial charge in [0.25, 0.3) is 0 Å². The molecule has 0 heterocycles. The van der Waals surface area contributed by atoms with Gasteiger partial charge in [-0.15, -0.1) is 0 Å². The monoisotopic (exact) mass is 299 g/mol.